The van der Waals surface area contributed by atoms with Gasteiger partial charge in [-0.25, -0.2) is 4.79 Å². The number of amides is 1. The van der Waals surface area contributed by atoms with Gasteiger partial charge in [-0.1, -0.05) is 13.0 Å². The highest BCUT2D eigenvalue weighted by atomic mass is 32.1. The van der Waals surface area contributed by atoms with Crippen molar-refractivity contribution in [3.05, 3.63) is 46.0 Å². The lowest BCUT2D eigenvalue weighted by Crippen LogP contribution is -2.33. The summed E-state index contributed by atoms with van der Waals surface area (Å²) < 4.78 is 5.29. The predicted octanol–water partition coefficient (Wildman–Crippen LogP) is 2.46. The average Bonchev–Trinajstić information content (AvgIpc) is 3.05. The number of hydrogen-bond donors (Lipinski definition) is 2. The number of rotatable bonds is 5. The second-order valence-corrected chi connectivity index (χ2v) is 4.86. The van der Waals surface area contributed by atoms with E-state index in [1.807, 2.05) is 6.92 Å². The van der Waals surface area contributed by atoms with Gasteiger partial charge in [-0.2, -0.15) is 0 Å². The van der Waals surface area contributed by atoms with Crippen LogP contribution in [0, 0.1) is 0 Å². The van der Waals surface area contributed by atoms with Gasteiger partial charge in [-0.15, -0.1) is 11.3 Å². The van der Waals surface area contributed by atoms with E-state index in [4.69, 9.17) is 9.52 Å². The van der Waals surface area contributed by atoms with Crippen LogP contribution < -0.4 is 5.32 Å². The van der Waals surface area contributed by atoms with Crippen molar-refractivity contribution in [2.45, 2.75) is 19.4 Å². The Balaban J connectivity index is 2.13. The minimum absolute atomic E-state index is 0.125. The maximum absolute atomic E-state index is 11.9. The number of carboxylic acid groups (broad SMARTS) is 1. The number of carboxylic acids is 1. The normalized spacial score (nSPS) is 12.1. The van der Waals surface area contributed by atoms with Gasteiger partial charge in [0.15, 0.2) is 11.8 Å². The molecule has 2 aromatic heterocycles. The van der Waals surface area contributed by atoms with E-state index in [9.17, 15) is 9.59 Å². The van der Waals surface area contributed by atoms with Crippen molar-refractivity contribution in [1.29, 1.82) is 0 Å². The van der Waals surface area contributed by atoms with E-state index in [0.29, 0.717) is 17.1 Å². The summed E-state index contributed by atoms with van der Waals surface area (Å²) in [7, 11) is 0. The quantitative estimate of drug-likeness (QED) is 0.881. The van der Waals surface area contributed by atoms with Crippen molar-refractivity contribution in [1.82, 2.24) is 5.32 Å². The second kappa shape index (κ2) is 5.71. The molecule has 0 spiro atoms. The van der Waals surface area contributed by atoms with Gasteiger partial charge in [-0.05, 0) is 23.6 Å². The molecular weight excluding hydrogens is 266 g/mol. The standard InChI is InChI=1S/C13H13NO4S/c1-2-8-5-6-9(18-8)12(15)14-11(13(16)17)10-4-3-7-19-10/h3-7,11H,2H2,1H3,(H,14,15)(H,16,17). The number of nitrogens with one attached hydrogen (secondary N) is 1. The highest BCUT2D eigenvalue weighted by Crippen LogP contribution is 2.20. The van der Waals surface area contributed by atoms with Gasteiger partial charge in [0.1, 0.15) is 5.76 Å². The van der Waals surface area contributed by atoms with E-state index in [0.717, 1.165) is 0 Å². The third-order valence-electron chi connectivity index (χ3n) is 2.58. The largest absolute Gasteiger partial charge is 0.479 e. The van der Waals surface area contributed by atoms with E-state index in [-0.39, 0.29) is 5.76 Å². The summed E-state index contributed by atoms with van der Waals surface area (Å²) in [6, 6.07) is 5.60. The van der Waals surface area contributed by atoms with Crippen molar-refractivity contribution in [2.75, 3.05) is 0 Å². The van der Waals surface area contributed by atoms with Crippen LogP contribution in [-0.4, -0.2) is 17.0 Å². The highest BCUT2D eigenvalue weighted by Gasteiger charge is 2.24. The first-order valence-corrected chi connectivity index (χ1v) is 6.65. The van der Waals surface area contributed by atoms with Crippen molar-refractivity contribution >= 4 is 23.2 Å². The molecule has 0 radical (unpaired) electrons. The fourth-order valence-electron chi connectivity index (χ4n) is 1.60. The molecule has 6 heteroatoms. The summed E-state index contributed by atoms with van der Waals surface area (Å²) in [6.45, 7) is 1.91. The van der Waals surface area contributed by atoms with E-state index in [1.165, 1.54) is 11.3 Å². The Hall–Kier alpha value is -2.08. The summed E-state index contributed by atoms with van der Waals surface area (Å²) in [5.41, 5.74) is 0. The molecule has 0 aromatic carbocycles. The van der Waals surface area contributed by atoms with Crippen LogP contribution in [0.25, 0.3) is 0 Å². The first kappa shape index (κ1) is 13.4. The van der Waals surface area contributed by atoms with E-state index in [1.54, 1.807) is 29.6 Å². The smallest absolute Gasteiger partial charge is 0.331 e. The van der Waals surface area contributed by atoms with Gasteiger partial charge in [0.25, 0.3) is 5.91 Å². The van der Waals surface area contributed by atoms with Crippen molar-refractivity contribution < 1.29 is 19.1 Å². The van der Waals surface area contributed by atoms with Gasteiger partial charge in [-0.3, -0.25) is 4.79 Å². The van der Waals surface area contributed by atoms with Crippen molar-refractivity contribution in [3.63, 3.8) is 0 Å². The predicted molar refractivity (Wildman–Crippen MR) is 70.2 cm³/mol. The minimum Gasteiger partial charge on any atom is -0.479 e. The first-order valence-electron chi connectivity index (χ1n) is 5.77. The number of carbonyl (C=O) groups is 2. The van der Waals surface area contributed by atoms with Crippen LogP contribution in [0.1, 0.15) is 34.2 Å². The monoisotopic (exact) mass is 279 g/mol. The molecule has 0 aliphatic heterocycles. The van der Waals surface area contributed by atoms with Crippen LogP contribution in [-0.2, 0) is 11.2 Å². The molecule has 2 N–H and O–H groups in total. The number of furan rings is 1. The average molecular weight is 279 g/mol. The molecule has 1 atom stereocenters. The summed E-state index contributed by atoms with van der Waals surface area (Å²) in [5.74, 6) is -0.814. The Labute approximate surface area is 113 Å². The van der Waals surface area contributed by atoms with Crippen LogP contribution in [0.5, 0.6) is 0 Å². The fraction of sp³-hybridized carbons (Fsp3) is 0.231. The molecule has 2 rings (SSSR count). The molecule has 0 aliphatic rings. The van der Waals surface area contributed by atoms with Crippen LogP contribution in [0.2, 0.25) is 0 Å². The number of thiophene rings is 1. The maximum Gasteiger partial charge on any atom is 0.331 e. The zero-order valence-electron chi connectivity index (χ0n) is 10.3. The van der Waals surface area contributed by atoms with Gasteiger partial charge in [0, 0.05) is 11.3 Å². The third kappa shape index (κ3) is 3.03. The van der Waals surface area contributed by atoms with Gasteiger partial charge in [0.05, 0.1) is 0 Å². The molecule has 0 fully saturated rings. The molecule has 0 aliphatic carbocycles. The maximum atomic E-state index is 11.9. The number of aliphatic carboxylic acids is 1. The van der Waals surface area contributed by atoms with Gasteiger partial charge in [0.2, 0.25) is 0 Å². The van der Waals surface area contributed by atoms with Gasteiger partial charge < -0.3 is 14.8 Å². The minimum atomic E-state index is -1.10. The first-order chi connectivity index (χ1) is 9.11. The SMILES string of the molecule is CCc1ccc(C(=O)NC(C(=O)O)c2cccs2)o1. The van der Waals surface area contributed by atoms with Crippen LogP contribution in [0.3, 0.4) is 0 Å². The topological polar surface area (TPSA) is 79.5 Å². The van der Waals surface area contributed by atoms with Gasteiger partial charge >= 0.3 is 5.97 Å². The molecule has 1 unspecified atom stereocenters. The lowest BCUT2D eigenvalue weighted by atomic mass is 10.2. The van der Waals surface area contributed by atoms with E-state index in [2.05, 4.69) is 5.32 Å². The zero-order chi connectivity index (χ0) is 13.8. The molecule has 2 aromatic rings. The molecule has 100 valence electrons. The Kier molecular flexibility index (Phi) is 4.01. The van der Waals surface area contributed by atoms with E-state index < -0.39 is 17.9 Å². The molecule has 2 heterocycles. The molecule has 5 nitrogen and oxygen atoms in total. The molecule has 1 amide bonds. The molecule has 0 saturated heterocycles. The van der Waals surface area contributed by atoms with Crippen LogP contribution in [0.4, 0.5) is 0 Å². The summed E-state index contributed by atoms with van der Waals surface area (Å²) in [5, 5.41) is 13.4. The Morgan fingerprint density at radius 3 is 2.74 bits per heavy atom. The van der Waals surface area contributed by atoms with Crippen LogP contribution in [0.15, 0.2) is 34.1 Å². The molecule has 19 heavy (non-hydrogen) atoms. The Bertz CT molecular complexity index is 573. The molecular formula is C13H13NO4S. The Morgan fingerprint density at radius 2 is 2.21 bits per heavy atom. The fourth-order valence-corrected chi connectivity index (χ4v) is 2.37. The number of carbonyl (C=O) groups excluding carboxylic acids is 1. The lowest BCUT2D eigenvalue weighted by molar-refractivity contribution is -0.139. The third-order valence-corrected chi connectivity index (χ3v) is 3.52. The summed E-state index contributed by atoms with van der Waals surface area (Å²) in [4.78, 5) is 23.7. The lowest BCUT2D eigenvalue weighted by Gasteiger charge is -2.11. The number of aryl methyl sites for hydroxylation is 1. The summed E-state index contributed by atoms with van der Waals surface area (Å²) in [6.07, 6.45) is 0.681. The van der Waals surface area contributed by atoms with Crippen molar-refractivity contribution in [2.24, 2.45) is 0 Å². The molecule has 0 saturated carbocycles. The zero-order valence-corrected chi connectivity index (χ0v) is 11.1. The molecule has 0 bridgehead atoms. The van der Waals surface area contributed by atoms with Crippen molar-refractivity contribution in [3.8, 4) is 0 Å². The number of hydrogen-bond acceptors (Lipinski definition) is 4. The van der Waals surface area contributed by atoms with Crippen LogP contribution >= 0.6 is 11.3 Å². The van der Waals surface area contributed by atoms with E-state index >= 15 is 0 Å². The second-order valence-electron chi connectivity index (χ2n) is 3.88. The Morgan fingerprint density at radius 1 is 1.42 bits per heavy atom. The highest BCUT2D eigenvalue weighted by molar-refractivity contribution is 7.10. The summed E-state index contributed by atoms with van der Waals surface area (Å²) >= 11 is 1.28.